The van der Waals surface area contributed by atoms with E-state index in [1.807, 2.05) is 44.2 Å². The highest BCUT2D eigenvalue weighted by molar-refractivity contribution is 7.89. The number of nitrogens with two attached hydrogens (primary N) is 1. The molecule has 0 aromatic heterocycles. The van der Waals surface area contributed by atoms with E-state index < -0.39 is 28.3 Å². The third-order valence-electron chi connectivity index (χ3n) is 8.29. The van der Waals surface area contributed by atoms with Crippen LogP contribution in [0, 0.1) is 17.8 Å². The molecule has 7 atom stereocenters. The Morgan fingerprint density at radius 3 is 2.49 bits per heavy atom. The van der Waals surface area contributed by atoms with Crippen LogP contribution in [-0.2, 0) is 30.7 Å². The first-order chi connectivity index (χ1) is 19.6. The van der Waals surface area contributed by atoms with Crippen molar-refractivity contribution in [3.05, 3.63) is 60.2 Å². The van der Waals surface area contributed by atoms with E-state index in [0.29, 0.717) is 43.6 Å². The van der Waals surface area contributed by atoms with Crippen LogP contribution in [0.5, 0.6) is 0 Å². The number of rotatable bonds is 11. The Bertz CT molecular complexity index is 1270. The fourth-order valence-corrected chi connectivity index (χ4v) is 7.92. The maximum absolute atomic E-state index is 13.6. The molecule has 4 N–H and O–H groups in total. The Kier molecular flexibility index (Phi) is 9.20. The summed E-state index contributed by atoms with van der Waals surface area (Å²) in [6.45, 7) is 5.13. The van der Waals surface area contributed by atoms with Gasteiger partial charge in [-0.1, -0.05) is 44.2 Å². The number of benzene rings is 2. The van der Waals surface area contributed by atoms with E-state index in [1.165, 1.54) is 28.6 Å². The smallest absolute Gasteiger partial charge is 0.407 e. The van der Waals surface area contributed by atoms with Crippen molar-refractivity contribution >= 4 is 21.8 Å². The second kappa shape index (κ2) is 12.7. The van der Waals surface area contributed by atoms with E-state index in [4.69, 9.17) is 19.9 Å². The number of amides is 1. The summed E-state index contributed by atoms with van der Waals surface area (Å²) in [5.41, 5.74) is 7.11. The molecule has 224 valence electrons. The number of nitrogens with zero attached hydrogens (tertiary/aromatic N) is 1. The average molecular weight is 588 g/mol. The summed E-state index contributed by atoms with van der Waals surface area (Å²) < 4.78 is 45.9. The van der Waals surface area contributed by atoms with Gasteiger partial charge in [-0.3, -0.25) is 0 Å². The largest absolute Gasteiger partial charge is 0.446 e. The first-order valence-electron chi connectivity index (χ1n) is 14.4. The predicted octanol–water partition coefficient (Wildman–Crippen LogP) is 2.81. The van der Waals surface area contributed by atoms with Gasteiger partial charge >= 0.3 is 6.09 Å². The second-order valence-corrected chi connectivity index (χ2v) is 13.8. The minimum absolute atomic E-state index is 0.00477. The van der Waals surface area contributed by atoms with Crippen LogP contribution in [0.3, 0.4) is 0 Å². The number of hydrogen-bond donors (Lipinski definition) is 3. The molecule has 1 aliphatic carbocycles. The number of nitrogens with one attached hydrogen (secondary N) is 1. The summed E-state index contributed by atoms with van der Waals surface area (Å²) in [6, 6.07) is 14.7. The van der Waals surface area contributed by atoms with Crippen molar-refractivity contribution in [2.24, 2.45) is 17.8 Å². The Morgan fingerprint density at radius 1 is 1.05 bits per heavy atom. The van der Waals surface area contributed by atoms with Crippen LogP contribution < -0.4 is 11.1 Å². The first kappa shape index (κ1) is 29.8. The maximum Gasteiger partial charge on any atom is 0.407 e. The fourth-order valence-electron chi connectivity index (χ4n) is 6.29. The number of anilines is 1. The van der Waals surface area contributed by atoms with Crippen molar-refractivity contribution in [3.63, 3.8) is 0 Å². The summed E-state index contributed by atoms with van der Waals surface area (Å²) in [6.07, 6.45) is -0.253. The highest BCUT2D eigenvalue weighted by atomic mass is 32.2. The number of alkyl carbamates (subject to hydrolysis) is 1. The number of carbonyl (C=O) groups excluding carboxylic acids is 1. The molecule has 0 spiro atoms. The lowest BCUT2D eigenvalue weighted by Crippen LogP contribution is -2.51. The normalized spacial score (nSPS) is 27.0. The van der Waals surface area contributed by atoms with Crippen LogP contribution >= 0.6 is 0 Å². The Balaban J connectivity index is 1.28. The van der Waals surface area contributed by atoms with Gasteiger partial charge < -0.3 is 30.4 Å². The van der Waals surface area contributed by atoms with Crippen molar-refractivity contribution in [2.75, 3.05) is 32.0 Å². The SMILES string of the molecule is CC(C)CN(C[C@@H](O)[C@H](Cc1ccccc1)NC(=O)O[C@@H]1C[C@@H]2[C@H]3COC[C@H]3O[C@@H]2C1)S(=O)(=O)c1ccc(N)cc1. The molecule has 2 aliphatic heterocycles. The molecule has 1 saturated carbocycles. The molecule has 11 heteroatoms. The van der Waals surface area contributed by atoms with Crippen LogP contribution in [0.4, 0.5) is 10.5 Å². The summed E-state index contributed by atoms with van der Waals surface area (Å²) in [4.78, 5) is 13.2. The minimum Gasteiger partial charge on any atom is -0.446 e. The van der Waals surface area contributed by atoms with Crippen LogP contribution in [-0.4, -0.2) is 80.7 Å². The van der Waals surface area contributed by atoms with Crippen molar-refractivity contribution in [1.29, 1.82) is 0 Å². The Hall–Kier alpha value is -2.70. The van der Waals surface area contributed by atoms with Gasteiger partial charge in [0.1, 0.15) is 6.10 Å². The van der Waals surface area contributed by atoms with Gasteiger partial charge in [0.15, 0.2) is 0 Å². The molecule has 0 unspecified atom stereocenters. The fraction of sp³-hybridized carbons (Fsp3) is 0.567. The van der Waals surface area contributed by atoms with E-state index >= 15 is 0 Å². The van der Waals surface area contributed by atoms with Gasteiger partial charge in [0.05, 0.1) is 42.5 Å². The lowest BCUT2D eigenvalue weighted by Gasteiger charge is -2.31. The van der Waals surface area contributed by atoms with E-state index in [0.717, 1.165) is 12.0 Å². The molecule has 2 aromatic rings. The quantitative estimate of drug-likeness (QED) is 0.341. The molecule has 2 heterocycles. The van der Waals surface area contributed by atoms with Crippen molar-refractivity contribution in [1.82, 2.24) is 9.62 Å². The summed E-state index contributed by atoms with van der Waals surface area (Å²) in [5.74, 6) is 0.665. The van der Waals surface area contributed by atoms with Crippen molar-refractivity contribution in [2.45, 2.75) is 68.5 Å². The summed E-state index contributed by atoms with van der Waals surface area (Å²) in [7, 11) is -3.93. The second-order valence-electron chi connectivity index (χ2n) is 11.9. The molecular formula is C30H41N3O7S. The molecule has 1 amide bonds. The topological polar surface area (TPSA) is 140 Å². The van der Waals surface area contributed by atoms with Gasteiger partial charge in [-0.15, -0.1) is 0 Å². The molecule has 3 fully saturated rings. The molecule has 3 aliphatic rings. The zero-order valence-corrected chi connectivity index (χ0v) is 24.4. The van der Waals surface area contributed by atoms with Crippen molar-refractivity contribution in [3.8, 4) is 0 Å². The maximum atomic E-state index is 13.6. The number of nitrogen functional groups attached to an aromatic ring is 1. The standard InChI is InChI=1S/C30H41N3O7S/c1-19(2)15-33(41(36,37)23-10-8-21(31)9-11-23)16-27(34)26(12-20-6-4-3-5-7-20)32-30(35)39-22-13-24-25-17-38-18-29(25)40-28(24)14-22/h3-11,19,22,24-29,34H,12-18,31H2,1-2H3,(H,32,35)/t22-,24-,25-,26+,27-,28-,29-/m1/s1. The van der Waals surface area contributed by atoms with Gasteiger partial charge in [-0.25, -0.2) is 13.2 Å². The Morgan fingerprint density at radius 2 is 1.78 bits per heavy atom. The number of ether oxygens (including phenoxy) is 3. The number of sulfonamides is 1. The zero-order chi connectivity index (χ0) is 29.1. The third-order valence-corrected chi connectivity index (χ3v) is 10.1. The summed E-state index contributed by atoms with van der Waals surface area (Å²) in [5, 5.41) is 14.3. The number of aliphatic hydroxyl groups is 1. The van der Waals surface area contributed by atoms with Crippen LogP contribution in [0.25, 0.3) is 0 Å². The molecule has 41 heavy (non-hydrogen) atoms. The van der Waals surface area contributed by atoms with E-state index in [-0.39, 0.29) is 42.2 Å². The van der Waals surface area contributed by atoms with Gasteiger partial charge in [-0.05, 0) is 54.5 Å². The highest BCUT2D eigenvalue weighted by Gasteiger charge is 2.52. The van der Waals surface area contributed by atoms with E-state index in [1.54, 1.807) is 0 Å². The zero-order valence-electron chi connectivity index (χ0n) is 23.6. The van der Waals surface area contributed by atoms with Gasteiger partial charge in [0.25, 0.3) is 0 Å². The van der Waals surface area contributed by atoms with Crippen LogP contribution in [0.2, 0.25) is 0 Å². The molecule has 10 nitrogen and oxygen atoms in total. The number of fused-ring (bicyclic) bond motifs is 3. The van der Waals surface area contributed by atoms with Gasteiger partial charge in [0.2, 0.25) is 10.0 Å². The molecular weight excluding hydrogens is 546 g/mol. The predicted molar refractivity (Wildman–Crippen MR) is 153 cm³/mol. The summed E-state index contributed by atoms with van der Waals surface area (Å²) >= 11 is 0. The lowest BCUT2D eigenvalue weighted by molar-refractivity contribution is 0.00504. The molecule has 5 rings (SSSR count). The molecule has 2 saturated heterocycles. The molecule has 0 bridgehead atoms. The van der Waals surface area contributed by atoms with Gasteiger partial charge in [-0.2, -0.15) is 4.31 Å². The van der Waals surface area contributed by atoms with E-state index in [2.05, 4.69) is 5.32 Å². The van der Waals surface area contributed by atoms with Crippen LogP contribution in [0.1, 0.15) is 32.3 Å². The number of hydrogen-bond acceptors (Lipinski definition) is 8. The molecule has 0 radical (unpaired) electrons. The third kappa shape index (κ3) is 7.03. The first-order valence-corrected chi connectivity index (χ1v) is 15.8. The minimum atomic E-state index is -3.93. The molecule has 2 aromatic carbocycles. The highest BCUT2D eigenvalue weighted by Crippen LogP contribution is 2.46. The van der Waals surface area contributed by atoms with Crippen LogP contribution in [0.15, 0.2) is 59.5 Å². The number of carbonyl (C=O) groups is 1. The van der Waals surface area contributed by atoms with Crippen molar-refractivity contribution < 1.29 is 32.5 Å². The average Bonchev–Trinajstić information content (AvgIpc) is 3.61. The monoisotopic (exact) mass is 587 g/mol. The van der Waals surface area contributed by atoms with E-state index in [9.17, 15) is 18.3 Å². The number of aliphatic hydroxyl groups excluding tert-OH is 1. The van der Waals surface area contributed by atoms with Gasteiger partial charge in [0, 0.05) is 31.1 Å². The lowest BCUT2D eigenvalue weighted by atomic mass is 9.90. The Labute approximate surface area is 242 Å².